The second-order valence-corrected chi connectivity index (χ2v) is 8.16. The molecule has 3 rings (SSSR count). The number of carbonyl (C=O) groups is 1. The van der Waals surface area contributed by atoms with Crippen LogP contribution in [0.1, 0.15) is 5.56 Å². The van der Waals surface area contributed by atoms with E-state index in [2.05, 4.69) is 20.0 Å². The average Bonchev–Trinajstić information content (AvgIpc) is 2.68. The number of halogens is 2. The SMILES string of the molecule is O=C(C=Cc1c(Cl)cccc1Cl)Nc1ccc(S(=O)(=O)Nc2ncccn2)cc1. The lowest BCUT2D eigenvalue weighted by Crippen LogP contribution is -2.15. The fraction of sp³-hybridized carbons (Fsp3) is 0. The standard InChI is InChI=1S/C19H14Cl2N4O3S/c20-16-3-1-4-17(21)15(16)9-10-18(26)24-13-5-7-14(8-6-13)29(27,28)25-19-22-11-2-12-23-19/h1-12H,(H,24,26)(H,22,23,25). The summed E-state index contributed by atoms with van der Waals surface area (Å²) in [6, 6.07) is 12.3. The van der Waals surface area contributed by atoms with Crippen molar-refractivity contribution < 1.29 is 13.2 Å². The van der Waals surface area contributed by atoms with E-state index in [0.29, 0.717) is 21.3 Å². The lowest BCUT2D eigenvalue weighted by Gasteiger charge is -2.07. The van der Waals surface area contributed by atoms with Gasteiger partial charge in [0.05, 0.1) is 4.90 Å². The van der Waals surface area contributed by atoms with Crippen LogP contribution in [-0.2, 0) is 14.8 Å². The van der Waals surface area contributed by atoms with Gasteiger partial charge in [-0.1, -0.05) is 29.3 Å². The Morgan fingerprint density at radius 2 is 1.55 bits per heavy atom. The Morgan fingerprint density at radius 1 is 0.931 bits per heavy atom. The molecule has 1 amide bonds. The molecular formula is C19H14Cl2N4O3S. The van der Waals surface area contributed by atoms with E-state index in [-0.39, 0.29) is 10.8 Å². The number of aromatic nitrogens is 2. The van der Waals surface area contributed by atoms with E-state index in [4.69, 9.17) is 23.2 Å². The first-order chi connectivity index (χ1) is 13.8. The van der Waals surface area contributed by atoms with Gasteiger partial charge in [-0.05, 0) is 48.5 Å². The smallest absolute Gasteiger partial charge is 0.264 e. The van der Waals surface area contributed by atoms with Crippen molar-refractivity contribution in [2.45, 2.75) is 4.90 Å². The Balaban J connectivity index is 1.67. The quantitative estimate of drug-likeness (QED) is 0.549. The van der Waals surface area contributed by atoms with E-state index >= 15 is 0 Å². The van der Waals surface area contributed by atoms with Gasteiger partial charge in [0.25, 0.3) is 10.0 Å². The number of hydrogen-bond acceptors (Lipinski definition) is 5. The monoisotopic (exact) mass is 448 g/mol. The second kappa shape index (κ2) is 9.04. The van der Waals surface area contributed by atoms with E-state index in [0.717, 1.165) is 0 Å². The molecule has 0 radical (unpaired) electrons. The summed E-state index contributed by atoms with van der Waals surface area (Å²) in [4.78, 5) is 19.7. The first kappa shape index (κ1) is 20.8. The fourth-order valence-electron chi connectivity index (χ4n) is 2.26. The highest BCUT2D eigenvalue weighted by atomic mass is 35.5. The van der Waals surface area contributed by atoms with Crippen molar-refractivity contribution in [3.05, 3.63) is 82.6 Å². The van der Waals surface area contributed by atoms with Crippen molar-refractivity contribution in [3.8, 4) is 0 Å². The number of rotatable bonds is 6. The van der Waals surface area contributed by atoms with Gasteiger partial charge < -0.3 is 5.32 Å². The molecule has 29 heavy (non-hydrogen) atoms. The highest BCUT2D eigenvalue weighted by molar-refractivity contribution is 7.92. The maximum atomic E-state index is 12.3. The second-order valence-electron chi connectivity index (χ2n) is 5.66. The molecule has 0 aliphatic carbocycles. The molecular weight excluding hydrogens is 435 g/mol. The molecule has 0 saturated heterocycles. The summed E-state index contributed by atoms with van der Waals surface area (Å²) in [5.41, 5.74) is 0.946. The summed E-state index contributed by atoms with van der Waals surface area (Å²) in [7, 11) is -3.85. The lowest BCUT2D eigenvalue weighted by molar-refractivity contribution is -0.111. The number of hydrogen-bond donors (Lipinski definition) is 2. The molecule has 0 spiro atoms. The Hall–Kier alpha value is -2.94. The van der Waals surface area contributed by atoms with E-state index in [9.17, 15) is 13.2 Å². The highest BCUT2D eigenvalue weighted by Gasteiger charge is 2.15. The molecule has 7 nitrogen and oxygen atoms in total. The van der Waals surface area contributed by atoms with Crippen LogP contribution in [-0.4, -0.2) is 24.3 Å². The topological polar surface area (TPSA) is 101 Å². The van der Waals surface area contributed by atoms with Crippen molar-refractivity contribution in [1.29, 1.82) is 0 Å². The summed E-state index contributed by atoms with van der Waals surface area (Å²) < 4.78 is 27.0. The minimum absolute atomic E-state index is 0.00124. The number of nitrogens with zero attached hydrogens (tertiary/aromatic N) is 2. The molecule has 0 aliphatic heterocycles. The van der Waals surface area contributed by atoms with Gasteiger partial charge in [-0.15, -0.1) is 0 Å². The van der Waals surface area contributed by atoms with Crippen LogP contribution in [0, 0.1) is 0 Å². The predicted octanol–water partition coefficient (Wildman–Crippen LogP) is 4.24. The first-order valence-electron chi connectivity index (χ1n) is 8.18. The summed E-state index contributed by atoms with van der Waals surface area (Å²) in [5, 5.41) is 3.47. The van der Waals surface area contributed by atoms with E-state index < -0.39 is 15.9 Å². The minimum atomic E-state index is -3.85. The zero-order valence-electron chi connectivity index (χ0n) is 14.7. The van der Waals surface area contributed by atoms with Crippen molar-refractivity contribution in [2.75, 3.05) is 10.0 Å². The van der Waals surface area contributed by atoms with Gasteiger partial charge >= 0.3 is 0 Å². The maximum Gasteiger partial charge on any atom is 0.264 e. The Kier molecular flexibility index (Phi) is 6.48. The highest BCUT2D eigenvalue weighted by Crippen LogP contribution is 2.25. The van der Waals surface area contributed by atoms with Gasteiger partial charge in [0, 0.05) is 39.8 Å². The molecule has 0 atom stereocenters. The molecule has 0 fully saturated rings. The van der Waals surface area contributed by atoms with Gasteiger partial charge in [0.2, 0.25) is 11.9 Å². The van der Waals surface area contributed by atoms with Crippen molar-refractivity contribution in [1.82, 2.24) is 9.97 Å². The van der Waals surface area contributed by atoms with Gasteiger partial charge in [-0.3, -0.25) is 4.79 Å². The van der Waals surface area contributed by atoms with Crippen LogP contribution >= 0.6 is 23.2 Å². The first-order valence-corrected chi connectivity index (χ1v) is 10.4. The number of sulfonamides is 1. The van der Waals surface area contributed by atoms with Gasteiger partial charge in [0.1, 0.15) is 0 Å². The maximum absolute atomic E-state index is 12.3. The van der Waals surface area contributed by atoms with Crippen LogP contribution in [0.15, 0.2) is 71.9 Å². The number of benzene rings is 2. The van der Waals surface area contributed by atoms with E-state index in [1.807, 2.05) is 0 Å². The van der Waals surface area contributed by atoms with E-state index in [1.54, 1.807) is 24.3 Å². The molecule has 10 heteroatoms. The van der Waals surface area contributed by atoms with Crippen LogP contribution in [0.25, 0.3) is 6.08 Å². The van der Waals surface area contributed by atoms with Gasteiger partial charge in [-0.2, -0.15) is 0 Å². The van der Waals surface area contributed by atoms with Crippen LogP contribution < -0.4 is 10.0 Å². The summed E-state index contributed by atoms with van der Waals surface area (Å²) >= 11 is 12.1. The molecule has 0 bridgehead atoms. The molecule has 1 heterocycles. The average molecular weight is 449 g/mol. The van der Waals surface area contributed by atoms with Gasteiger partial charge in [0.15, 0.2) is 0 Å². The molecule has 0 unspecified atom stereocenters. The third-order valence-electron chi connectivity index (χ3n) is 3.62. The predicted molar refractivity (Wildman–Crippen MR) is 113 cm³/mol. The minimum Gasteiger partial charge on any atom is -0.323 e. The number of amides is 1. The van der Waals surface area contributed by atoms with Crippen LogP contribution in [0.5, 0.6) is 0 Å². The fourth-order valence-corrected chi connectivity index (χ4v) is 3.74. The molecule has 3 aromatic rings. The summed E-state index contributed by atoms with van der Waals surface area (Å²) in [6.45, 7) is 0. The molecule has 1 aromatic heterocycles. The van der Waals surface area contributed by atoms with Crippen molar-refractivity contribution >= 4 is 56.8 Å². The number of nitrogens with one attached hydrogen (secondary N) is 2. The largest absolute Gasteiger partial charge is 0.323 e. The van der Waals surface area contributed by atoms with Crippen LogP contribution in [0.2, 0.25) is 10.0 Å². The zero-order valence-corrected chi connectivity index (χ0v) is 17.0. The third kappa shape index (κ3) is 5.54. The van der Waals surface area contributed by atoms with Crippen molar-refractivity contribution in [2.24, 2.45) is 0 Å². The van der Waals surface area contributed by atoms with Crippen LogP contribution in [0.4, 0.5) is 11.6 Å². The van der Waals surface area contributed by atoms with Crippen molar-refractivity contribution in [3.63, 3.8) is 0 Å². The molecule has 0 saturated carbocycles. The summed E-state index contributed by atoms with van der Waals surface area (Å²) in [6.07, 6.45) is 5.63. The molecule has 2 N–H and O–H groups in total. The van der Waals surface area contributed by atoms with E-state index in [1.165, 1.54) is 48.8 Å². The Morgan fingerprint density at radius 3 is 2.17 bits per heavy atom. The molecule has 0 aliphatic rings. The number of carbonyl (C=O) groups excluding carboxylic acids is 1. The molecule has 148 valence electrons. The molecule has 2 aromatic carbocycles. The van der Waals surface area contributed by atoms with Crippen LogP contribution in [0.3, 0.4) is 0 Å². The Bertz CT molecular complexity index is 1130. The lowest BCUT2D eigenvalue weighted by atomic mass is 10.2. The third-order valence-corrected chi connectivity index (χ3v) is 5.63. The summed E-state index contributed by atoms with van der Waals surface area (Å²) in [5.74, 6) is -0.458. The number of anilines is 2. The van der Waals surface area contributed by atoms with Gasteiger partial charge in [-0.25, -0.2) is 23.1 Å². The normalized spacial score (nSPS) is 11.4. The zero-order chi connectivity index (χ0) is 20.9. The Labute approximate surface area is 177 Å².